The molecule has 1 heterocycles. The number of carbonyl (C=O) groups is 2. The molecule has 112 valence electrons. The predicted octanol–water partition coefficient (Wildman–Crippen LogP) is 3.24. The minimum atomic E-state index is -0.516. The van der Waals surface area contributed by atoms with E-state index < -0.39 is 12.0 Å². The van der Waals surface area contributed by atoms with Gasteiger partial charge in [0.1, 0.15) is 6.10 Å². The van der Waals surface area contributed by atoms with Crippen molar-refractivity contribution >= 4 is 17.6 Å². The Morgan fingerprint density at radius 3 is 2.50 bits per heavy atom. The summed E-state index contributed by atoms with van der Waals surface area (Å²) >= 11 is 0. The molecule has 2 aromatic carbocycles. The van der Waals surface area contributed by atoms with Gasteiger partial charge in [-0.15, -0.1) is 0 Å². The Kier molecular flexibility index (Phi) is 3.92. The summed E-state index contributed by atoms with van der Waals surface area (Å²) in [5.74, 6) is -1.03. The number of anilines is 1. The van der Waals surface area contributed by atoms with Crippen molar-refractivity contribution in [3.63, 3.8) is 0 Å². The predicted molar refractivity (Wildman–Crippen MR) is 83.2 cm³/mol. The monoisotopic (exact) mass is 295 g/mol. The van der Waals surface area contributed by atoms with Crippen LogP contribution < -0.4 is 5.32 Å². The van der Waals surface area contributed by atoms with E-state index in [9.17, 15) is 9.59 Å². The number of hydrogen-bond donors (Lipinski definition) is 1. The van der Waals surface area contributed by atoms with Gasteiger partial charge in [0.05, 0.1) is 12.3 Å². The summed E-state index contributed by atoms with van der Waals surface area (Å²) in [6.07, 6.45) is -0.408. The smallest absolute Gasteiger partial charge is 0.307 e. The zero-order chi connectivity index (χ0) is 15.5. The molecule has 0 spiro atoms. The van der Waals surface area contributed by atoms with E-state index in [0.29, 0.717) is 0 Å². The first-order valence-electron chi connectivity index (χ1n) is 7.26. The number of ether oxygens (including phenoxy) is 1. The van der Waals surface area contributed by atoms with E-state index in [1.54, 1.807) is 0 Å². The molecular formula is C18H17NO3. The van der Waals surface area contributed by atoms with Gasteiger partial charge in [-0.3, -0.25) is 9.59 Å². The van der Waals surface area contributed by atoms with Crippen molar-refractivity contribution < 1.29 is 14.3 Å². The van der Waals surface area contributed by atoms with Gasteiger partial charge in [0.2, 0.25) is 5.91 Å². The highest BCUT2D eigenvalue weighted by Gasteiger charge is 2.40. The largest absolute Gasteiger partial charge is 0.457 e. The van der Waals surface area contributed by atoms with Gasteiger partial charge in [0, 0.05) is 5.69 Å². The second kappa shape index (κ2) is 6.02. The topological polar surface area (TPSA) is 55.4 Å². The number of benzene rings is 2. The summed E-state index contributed by atoms with van der Waals surface area (Å²) in [7, 11) is 0. The lowest BCUT2D eigenvalue weighted by atomic mass is 9.94. The third-order valence-corrected chi connectivity index (χ3v) is 3.88. The Labute approximate surface area is 129 Å². The molecule has 1 aliphatic heterocycles. The van der Waals surface area contributed by atoms with Gasteiger partial charge in [-0.1, -0.05) is 48.5 Å². The van der Waals surface area contributed by atoms with Crippen LogP contribution in [0.3, 0.4) is 0 Å². The summed E-state index contributed by atoms with van der Waals surface area (Å²) in [5, 5.41) is 2.90. The molecule has 0 radical (unpaired) electrons. The zero-order valence-electron chi connectivity index (χ0n) is 12.3. The van der Waals surface area contributed by atoms with Crippen LogP contribution in [0.15, 0.2) is 54.6 Å². The highest BCUT2D eigenvalue weighted by Crippen LogP contribution is 2.36. The standard InChI is InChI=1S/C18H17NO3/c1-12-7-5-6-10-15(12)19-18(21)14-11-16(20)22-17(14)13-8-3-2-4-9-13/h2-10,14,17H,11H2,1H3,(H,19,21)/t14-,17-/m1/s1. The van der Waals surface area contributed by atoms with Gasteiger partial charge in [-0.25, -0.2) is 0 Å². The van der Waals surface area contributed by atoms with E-state index in [-0.39, 0.29) is 18.3 Å². The van der Waals surface area contributed by atoms with Crippen molar-refractivity contribution in [3.8, 4) is 0 Å². The fraction of sp³-hybridized carbons (Fsp3) is 0.222. The van der Waals surface area contributed by atoms with Crippen LogP contribution in [0.2, 0.25) is 0 Å². The summed E-state index contributed by atoms with van der Waals surface area (Å²) in [5.41, 5.74) is 2.59. The van der Waals surface area contributed by atoms with E-state index >= 15 is 0 Å². The van der Waals surface area contributed by atoms with E-state index in [2.05, 4.69) is 5.32 Å². The van der Waals surface area contributed by atoms with Gasteiger partial charge in [-0.05, 0) is 24.1 Å². The fourth-order valence-electron chi connectivity index (χ4n) is 2.67. The maximum atomic E-state index is 12.6. The van der Waals surface area contributed by atoms with Crippen molar-refractivity contribution in [3.05, 3.63) is 65.7 Å². The summed E-state index contributed by atoms with van der Waals surface area (Å²) < 4.78 is 5.35. The van der Waals surface area contributed by atoms with Gasteiger partial charge in [0.15, 0.2) is 0 Å². The second-order valence-electron chi connectivity index (χ2n) is 5.44. The highest BCUT2D eigenvalue weighted by molar-refractivity contribution is 5.96. The molecule has 1 saturated heterocycles. The van der Waals surface area contributed by atoms with Crippen LogP contribution in [-0.4, -0.2) is 11.9 Å². The lowest BCUT2D eigenvalue weighted by Gasteiger charge is -2.18. The first-order chi connectivity index (χ1) is 10.6. The van der Waals surface area contributed by atoms with E-state index in [0.717, 1.165) is 16.8 Å². The fourth-order valence-corrected chi connectivity index (χ4v) is 2.67. The first kappa shape index (κ1) is 14.3. The maximum absolute atomic E-state index is 12.6. The van der Waals surface area contributed by atoms with Crippen molar-refractivity contribution in [1.82, 2.24) is 0 Å². The Hall–Kier alpha value is -2.62. The van der Waals surface area contributed by atoms with Gasteiger partial charge < -0.3 is 10.1 Å². The molecule has 22 heavy (non-hydrogen) atoms. The van der Waals surface area contributed by atoms with Crippen LogP contribution in [0, 0.1) is 12.8 Å². The molecule has 1 fully saturated rings. The molecule has 0 bridgehead atoms. The number of nitrogens with one attached hydrogen (secondary N) is 1. The van der Waals surface area contributed by atoms with Gasteiger partial charge in [0.25, 0.3) is 0 Å². The second-order valence-corrected chi connectivity index (χ2v) is 5.44. The summed E-state index contributed by atoms with van der Waals surface area (Å²) in [4.78, 5) is 24.2. The Morgan fingerprint density at radius 2 is 1.77 bits per heavy atom. The highest BCUT2D eigenvalue weighted by atomic mass is 16.6. The van der Waals surface area contributed by atoms with E-state index in [1.165, 1.54) is 0 Å². The number of para-hydroxylation sites is 1. The molecule has 1 aliphatic rings. The third-order valence-electron chi connectivity index (χ3n) is 3.88. The SMILES string of the molecule is Cc1ccccc1NC(=O)[C@@H]1CC(=O)O[C@@H]1c1ccccc1. The van der Waals surface area contributed by atoms with Crippen LogP contribution in [-0.2, 0) is 14.3 Å². The average molecular weight is 295 g/mol. The molecule has 3 rings (SSSR count). The average Bonchev–Trinajstić information content (AvgIpc) is 2.92. The number of rotatable bonds is 3. The van der Waals surface area contributed by atoms with Crippen molar-refractivity contribution in [2.75, 3.05) is 5.32 Å². The molecule has 1 N–H and O–H groups in total. The quantitative estimate of drug-likeness (QED) is 0.884. The van der Waals surface area contributed by atoms with Crippen molar-refractivity contribution in [2.24, 2.45) is 5.92 Å². The third kappa shape index (κ3) is 2.86. The summed E-state index contributed by atoms with van der Waals surface area (Å²) in [6, 6.07) is 16.9. The lowest BCUT2D eigenvalue weighted by Crippen LogP contribution is -2.25. The van der Waals surface area contributed by atoms with Crippen LogP contribution in [0.25, 0.3) is 0 Å². The van der Waals surface area contributed by atoms with Crippen LogP contribution >= 0.6 is 0 Å². The van der Waals surface area contributed by atoms with Crippen LogP contribution in [0.5, 0.6) is 0 Å². The van der Waals surface area contributed by atoms with Gasteiger partial charge >= 0.3 is 5.97 Å². The minimum Gasteiger partial charge on any atom is -0.457 e. The Morgan fingerprint density at radius 1 is 1.09 bits per heavy atom. The minimum absolute atomic E-state index is 0.108. The zero-order valence-corrected chi connectivity index (χ0v) is 12.3. The molecular weight excluding hydrogens is 278 g/mol. The van der Waals surface area contributed by atoms with E-state index in [1.807, 2.05) is 61.5 Å². The van der Waals surface area contributed by atoms with Crippen molar-refractivity contribution in [2.45, 2.75) is 19.4 Å². The van der Waals surface area contributed by atoms with Crippen LogP contribution in [0.1, 0.15) is 23.7 Å². The number of hydrogen-bond acceptors (Lipinski definition) is 3. The van der Waals surface area contributed by atoms with Crippen LogP contribution in [0.4, 0.5) is 5.69 Å². The Bertz CT molecular complexity index is 696. The molecule has 0 aliphatic carbocycles. The molecule has 1 amide bonds. The number of esters is 1. The molecule has 0 saturated carbocycles. The molecule has 2 atom stereocenters. The maximum Gasteiger partial charge on any atom is 0.307 e. The molecule has 4 nitrogen and oxygen atoms in total. The molecule has 0 aromatic heterocycles. The normalized spacial score (nSPS) is 20.5. The number of amides is 1. The van der Waals surface area contributed by atoms with E-state index in [4.69, 9.17) is 4.74 Å². The number of carbonyl (C=O) groups excluding carboxylic acids is 2. The molecule has 4 heteroatoms. The molecule has 2 aromatic rings. The number of cyclic esters (lactones) is 1. The Balaban J connectivity index is 1.81. The van der Waals surface area contributed by atoms with Gasteiger partial charge in [-0.2, -0.15) is 0 Å². The first-order valence-corrected chi connectivity index (χ1v) is 7.26. The molecule has 0 unspecified atom stereocenters. The summed E-state index contributed by atoms with van der Waals surface area (Å²) in [6.45, 7) is 1.93. The lowest BCUT2D eigenvalue weighted by molar-refractivity contribution is -0.141. The number of aryl methyl sites for hydroxylation is 1. The van der Waals surface area contributed by atoms with Crippen molar-refractivity contribution in [1.29, 1.82) is 0 Å².